The summed E-state index contributed by atoms with van der Waals surface area (Å²) in [6.07, 6.45) is -4.37. The van der Waals surface area contributed by atoms with E-state index in [0.717, 1.165) is 45.3 Å². The number of hydrogen-bond acceptors (Lipinski definition) is 10. The quantitative estimate of drug-likeness (QED) is 0.0562. The number of hydrogen-bond donors (Lipinski definition) is 7. The molecule has 0 aliphatic carbocycles. The number of aliphatic carboxylic acids is 1. The Morgan fingerprint density at radius 3 is 1.59 bits per heavy atom. The van der Waals surface area contributed by atoms with Gasteiger partial charge >= 0.3 is 12.1 Å². The van der Waals surface area contributed by atoms with Crippen molar-refractivity contribution in [1.29, 1.82) is 0 Å². The van der Waals surface area contributed by atoms with Crippen molar-refractivity contribution in [2.75, 3.05) is 26.6 Å². The number of halogens is 4. The van der Waals surface area contributed by atoms with Crippen molar-refractivity contribution in [3.8, 4) is 0 Å². The third-order valence-electron chi connectivity index (χ3n) is 9.40. The summed E-state index contributed by atoms with van der Waals surface area (Å²) in [7, 11) is 0. The number of carboxylic acid groups (broad SMARTS) is 1. The van der Waals surface area contributed by atoms with Crippen LogP contribution in [0.25, 0.3) is 32.9 Å². The number of anilines is 5. The van der Waals surface area contributed by atoms with Gasteiger partial charge < -0.3 is 50.6 Å². The highest BCUT2D eigenvalue weighted by Crippen LogP contribution is 2.31. The summed E-state index contributed by atoms with van der Waals surface area (Å²) in [6, 6.07) is 27.4. The van der Waals surface area contributed by atoms with Crippen LogP contribution in [0.2, 0.25) is 0 Å². The van der Waals surface area contributed by atoms with Crippen LogP contribution in [0.3, 0.4) is 0 Å². The monoisotopic (exact) mass is 959 g/mol. The number of aryl methyl sites for hydroxylation is 2. The van der Waals surface area contributed by atoms with Crippen LogP contribution >= 0.6 is 36.7 Å². The van der Waals surface area contributed by atoms with Gasteiger partial charge in [0.05, 0.1) is 21.7 Å². The van der Waals surface area contributed by atoms with E-state index in [1.165, 1.54) is 42.8 Å². The third-order valence-corrected chi connectivity index (χ3v) is 10.0. The number of fused-ring (bicyclic) bond motifs is 3. The fourth-order valence-corrected chi connectivity index (χ4v) is 6.77. The van der Waals surface area contributed by atoms with E-state index in [-0.39, 0.29) is 16.0 Å². The van der Waals surface area contributed by atoms with Crippen molar-refractivity contribution in [1.82, 2.24) is 20.8 Å². The van der Waals surface area contributed by atoms with Gasteiger partial charge in [-0.3, -0.25) is 4.79 Å². The molecule has 66 heavy (non-hydrogen) atoms. The number of aromatic nitrogens is 3. The number of nitrogens with zero attached hydrogens (tertiary/aromatic N) is 3. The van der Waals surface area contributed by atoms with Gasteiger partial charge in [-0.2, -0.15) is 13.2 Å². The molecule has 5 aromatic carbocycles. The Labute approximate surface area is 390 Å². The predicted molar refractivity (Wildman–Crippen MR) is 260 cm³/mol. The van der Waals surface area contributed by atoms with Crippen molar-refractivity contribution in [2.45, 2.75) is 52.8 Å². The molecule has 0 bridgehead atoms. The summed E-state index contributed by atoms with van der Waals surface area (Å²) in [5.41, 5.74) is 5.88. The fourth-order valence-electron chi connectivity index (χ4n) is 6.08. The number of carbonyl (C=O) groups is 1. The summed E-state index contributed by atoms with van der Waals surface area (Å²) < 4.78 is 66.2. The molecule has 8 rings (SSSR count). The molecule has 3 heterocycles. The summed E-state index contributed by atoms with van der Waals surface area (Å²) >= 11 is 15.5. The third kappa shape index (κ3) is 12.7. The Bertz CT molecular complexity index is 3030. The second-order valence-corrected chi connectivity index (χ2v) is 16.1. The lowest BCUT2D eigenvalue weighted by atomic mass is 10.0. The standard InChI is InChI=1S/C18H19N3OS.C16H12F3N3OS.C11H10FN3O3S/c1-11(2)13-6-4-5-7-15(13)19-18(23)20-17-14-10-12(3)8-9-16(14)22-21-17;1-9-2-7-13-12(8-9)14(22-23-13)21-15(24)20-11-5-3-10(4-6-11)16(17,18)19;1-5(10(16)17)13-11(19)14-9-7-4-6(12)2-3-8(7)18-15-9/h4-11H,1-3H3,(H2,19,20,21,23);2-8H,1H3,(H2,20,21,22,24);2-5H,1H3,(H,16,17)(H2,13,14,15,19). The van der Waals surface area contributed by atoms with Gasteiger partial charge in [0.25, 0.3) is 0 Å². The van der Waals surface area contributed by atoms with E-state index >= 15 is 0 Å². The van der Waals surface area contributed by atoms with Crippen molar-refractivity contribution < 1.29 is 41.0 Å². The normalized spacial score (nSPS) is 11.5. The minimum Gasteiger partial charge on any atom is -0.480 e. The van der Waals surface area contributed by atoms with Gasteiger partial charge in [0, 0.05) is 11.4 Å². The van der Waals surface area contributed by atoms with Gasteiger partial charge in [0.2, 0.25) is 0 Å². The molecule has 342 valence electrons. The molecule has 1 atom stereocenters. The number of rotatable bonds is 8. The van der Waals surface area contributed by atoms with Crippen molar-refractivity contribution >= 4 is 120 Å². The van der Waals surface area contributed by atoms with Crippen LogP contribution in [0.1, 0.15) is 48.9 Å². The van der Waals surface area contributed by atoms with E-state index in [0.29, 0.717) is 44.9 Å². The first kappa shape index (κ1) is 48.2. The lowest BCUT2D eigenvalue weighted by Crippen LogP contribution is -2.40. The average Bonchev–Trinajstić information content (AvgIpc) is 3.97. The Morgan fingerprint density at radius 1 is 0.621 bits per heavy atom. The van der Waals surface area contributed by atoms with Crippen LogP contribution in [0.5, 0.6) is 0 Å². The molecule has 21 heteroatoms. The van der Waals surface area contributed by atoms with Crippen molar-refractivity contribution in [2.24, 2.45) is 0 Å². The lowest BCUT2D eigenvalue weighted by Gasteiger charge is -2.15. The number of para-hydroxylation sites is 1. The van der Waals surface area contributed by atoms with Crippen LogP contribution in [-0.4, -0.2) is 47.9 Å². The Balaban J connectivity index is 0.000000165. The highest BCUT2D eigenvalue weighted by Gasteiger charge is 2.30. The summed E-state index contributed by atoms with van der Waals surface area (Å²) in [5.74, 6) is 0.236. The highest BCUT2D eigenvalue weighted by molar-refractivity contribution is 7.81. The molecule has 0 spiro atoms. The van der Waals surface area contributed by atoms with E-state index < -0.39 is 29.6 Å². The molecule has 1 unspecified atom stereocenters. The topological polar surface area (TPSA) is 188 Å². The highest BCUT2D eigenvalue weighted by atomic mass is 32.1. The maximum Gasteiger partial charge on any atom is 0.416 e. The van der Waals surface area contributed by atoms with Gasteiger partial charge in [-0.05, 0) is 142 Å². The first-order valence-corrected chi connectivity index (χ1v) is 21.1. The molecular formula is C45H41F4N9O5S3. The Morgan fingerprint density at radius 2 is 1.09 bits per heavy atom. The molecule has 0 aliphatic heterocycles. The van der Waals surface area contributed by atoms with E-state index in [4.69, 9.17) is 55.3 Å². The molecule has 0 amide bonds. The lowest BCUT2D eigenvalue weighted by molar-refractivity contribution is -0.139. The van der Waals surface area contributed by atoms with Gasteiger partial charge in [-0.15, -0.1) is 0 Å². The predicted octanol–water partition coefficient (Wildman–Crippen LogP) is 11.8. The van der Waals surface area contributed by atoms with E-state index in [1.54, 1.807) is 6.07 Å². The maximum absolute atomic E-state index is 13.1. The van der Waals surface area contributed by atoms with Gasteiger partial charge in [0.15, 0.2) is 49.5 Å². The van der Waals surface area contributed by atoms with E-state index in [2.05, 4.69) is 67.3 Å². The summed E-state index contributed by atoms with van der Waals surface area (Å²) in [4.78, 5) is 10.7. The minimum absolute atomic E-state index is 0.0642. The van der Waals surface area contributed by atoms with E-state index in [9.17, 15) is 22.4 Å². The van der Waals surface area contributed by atoms with Gasteiger partial charge in [-0.1, -0.05) is 70.8 Å². The van der Waals surface area contributed by atoms with Crippen LogP contribution < -0.4 is 31.9 Å². The molecule has 0 aliphatic rings. The zero-order valence-corrected chi connectivity index (χ0v) is 38.1. The van der Waals surface area contributed by atoms with Crippen LogP contribution in [0.15, 0.2) is 117 Å². The fraction of sp³-hybridized carbons (Fsp3) is 0.178. The van der Waals surface area contributed by atoms with Crippen LogP contribution in [-0.2, 0) is 11.0 Å². The molecule has 0 radical (unpaired) electrons. The molecular weight excluding hydrogens is 919 g/mol. The second kappa shape index (κ2) is 21.2. The summed E-state index contributed by atoms with van der Waals surface area (Å²) in [6.45, 7) is 9.73. The Hall–Kier alpha value is -7.23. The SMILES string of the molecule is CC(NC(=S)Nc1noc2ccc(F)cc12)C(=O)O.Cc1ccc2onc(NC(=S)Nc3ccc(C(F)(F)F)cc3)c2c1.Cc1ccc2onc(NC(=S)Nc3ccccc3C(C)C)c2c1. The molecule has 3 aromatic heterocycles. The number of benzene rings is 5. The van der Waals surface area contributed by atoms with Crippen molar-refractivity contribution in [3.05, 3.63) is 131 Å². The molecule has 0 saturated heterocycles. The molecule has 0 saturated carbocycles. The molecule has 0 fully saturated rings. The molecule has 8 aromatic rings. The number of nitrogens with one attached hydrogen (secondary N) is 6. The van der Waals surface area contributed by atoms with Gasteiger partial charge in [0.1, 0.15) is 11.9 Å². The van der Waals surface area contributed by atoms with Crippen LogP contribution in [0, 0.1) is 19.7 Å². The average molecular weight is 960 g/mol. The zero-order chi connectivity index (χ0) is 47.7. The minimum atomic E-state index is -4.37. The Kier molecular flexibility index (Phi) is 15.5. The first-order valence-electron chi connectivity index (χ1n) is 19.8. The van der Waals surface area contributed by atoms with Gasteiger partial charge in [-0.25, -0.2) is 4.39 Å². The molecule has 7 N–H and O–H groups in total. The van der Waals surface area contributed by atoms with E-state index in [1.807, 2.05) is 62.4 Å². The smallest absolute Gasteiger partial charge is 0.416 e. The zero-order valence-electron chi connectivity index (χ0n) is 35.6. The van der Waals surface area contributed by atoms with Crippen molar-refractivity contribution in [3.63, 3.8) is 0 Å². The van der Waals surface area contributed by atoms with Crippen LogP contribution in [0.4, 0.5) is 46.4 Å². The first-order chi connectivity index (χ1) is 31.3. The number of alkyl halides is 3. The second-order valence-electron chi connectivity index (χ2n) is 14.9. The largest absolute Gasteiger partial charge is 0.480 e. The number of thiocarbonyl (C=S) groups is 3. The molecule has 14 nitrogen and oxygen atoms in total. The maximum atomic E-state index is 13.1. The summed E-state index contributed by atoms with van der Waals surface area (Å²) in [5, 5.41) is 40.5. The number of carboxylic acids is 1.